The number of ether oxygens (including phenoxy) is 1. The van der Waals surface area contributed by atoms with Gasteiger partial charge in [-0.1, -0.05) is 48.0 Å². The third-order valence-corrected chi connectivity index (χ3v) is 4.21. The zero-order valence-electron chi connectivity index (χ0n) is 14.4. The molecule has 1 amide bonds. The number of benzene rings is 2. The van der Waals surface area contributed by atoms with Crippen molar-refractivity contribution in [3.8, 4) is 5.75 Å². The molecule has 8 heteroatoms. The van der Waals surface area contributed by atoms with Gasteiger partial charge in [-0.05, 0) is 11.6 Å². The van der Waals surface area contributed by atoms with E-state index in [2.05, 4.69) is 5.32 Å². The molecule has 0 aliphatic heterocycles. The van der Waals surface area contributed by atoms with Gasteiger partial charge in [0.1, 0.15) is 41.4 Å². The fraction of sp³-hybridized carbons (Fsp3) is 0.100. The van der Waals surface area contributed by atoms with Crippen LogP contribution in [0, 0.1) is 11.6 Å². The van der Waals surface area contributed by atoms with Gasteiger partial charge in [0.2, 0.25) is 11.2 Å². The first-order valence-corrected chi connectivity index (χ1v) is 8.53. The lowest BCUT2D eigenvalue weighted by Gasteiger charge is -2.09. The fourth-order valence-corrected chi connectivity index (χ4v) is 2.55. The lowest BCUT2D eigenvalue weighted by molar-refractivity contribution is 0.0946. The van der Waals surface area contributed by atoms with E-state index >= 15 is 0 Å². The molecule has 3 rings (SSSR count). The Bertz CT molecular complexity index is 1050. The average molecular weight is 406 g/mol. The molecular formula is C20H14ClF2NO4. The summed E-state index contributed by atoms with van der Waals surface area (Å²) in [5.74, 6) is -2.81. The van der Waals surface area contributed by atoms with Crippen LogP contribution in [-0.2, 0) is 13.2 Å². The van der Waals surface area contributed by atoms with E-state index in [0.29, 0.717) is 0 Å². The first kappa shape index (κ1) is 19.6. The Labute approximate surface area is 163 Å². The monoisotopic (exact) mass is 405 g/mol. The summed E-state index contributed by atoms with van der Waals surface area (Å²) in [4.78, 5) is 24.7. The Balaban J connectivity index is 1.70. The van der Waals surface area contributed by atoms with E-state index in [1.165, 1.54) is 0 Å². The zero-order chi connectivity index (χ0) is 20.1. The van der Waals surface area contributed by atoms with Crippen LogP contribution in [0.4, 0.5) is 8.78 Å². The molecule has 1 heterocycles. The summed E-state index contributed by atoms with van der Waals surface area (Å²) in [5.41, 5.74) is -0.169. The highest BCUT2D eigenvalue weighted by Crippen LogP contribution is 2.21. The van der Waals surface area contributed by atoms with E-state index < -0.39 is 28.0 Å². The van der Waals surface area contributed by atoms with E-state index in [9.17, 15) is 18.4 Å². The van der Waals surface area contributed by atoms with Gasteiger partial charge in [0.15, 0.2) is 0 Å². The standard InChI is InChI=1S/C20H14ClF2NO4/c21-17-15(22)7-6-13(18(17)23)8-24-20(26)14-10-27-11-16(19(14)25)28-9-12-4-2-1-3-5-12/h1-7,10-11H,8-9H2,(H,24,26). The number of amides is 1. The van der Waals surface area contributed by atoms with Gasteiger partial charge >= 0.3 is 0 Å². The van der Waals surface area contributed by atoms with Crippen LogP contribution in [0.25, 0.3) is 0 Å². The number of hydrogen-bond donors (Lipinski definition) is 1. The maximum absolute atomic E-state index is 13.9. The SMILES string of the molecule is O=C(NCc1ccc(F)c(Cl)c1F)c1cocc(OCc2ccccc2)c1=O. The largest absolute Gasteiger partial charge is 0.482 e. The van der Waals surface area contributed by atoms with Crippen LogP contribution >= 0.6 is 11.6 Å². The molecule has 0 saturated carbocycles. The van der Waals surface area contributed by atoms with Gasteiger partial charge in [0, 0.05) is 12.1 Å². The van der Waals surface area contributed by atoms with Crippen molar-refractivity contribution in [3.05, 3.63) is 98.6 Å². The highest BCUT2D eigenvalue weighted by molar-refractivity contribution is 6.30. The summed E-state index contributed by atoms with van der Waals surface area (Å²) in [6.45, 7) is -0.171. The minimum absolute atomic E-state index is 0.0272. The second-order valence-electron chi connectivity index (χ2n) is 5.77. The summed E-state index contributed by atoms with van der Waals surface area (Å²) >= 11 is 5.50. The van der Waals surface area contributed by atoms with E-state index in [1.54, 1.807) is 0 Å². The van der Waals surface area contributed by atoms with Gasteiger partial charge in [-0.15, -0.1) is 0 Å². The second kappa shape index (κ2) is 8.67. The molecule has 0 fully saturated rings. The Kier molecular flexibility index (Phi) is 6.06. The van der Waals surface area contributed by atoms with E-state index in [0.717, 1.165) is 30.2 Å². The molecule has 2 aromatic carbocycles. The van der Waals surface area contributed by atoms with Crippen molar-refractivity contribution in [2.75, 3.05) is 0 Å². The minimum Gasteiger partial charge on any atom is -0.482 e. The molecule has 1 aromatic heterocycles. The lowest BCUT2D eigenvalue weighted by atomic mass is 10.2. The highest BCUT2D eigenvalue weighted by Gasteiger charge is 2.17. The Hall–Kier alpha value is -3.19. The molecule has 0 radical (unpaired) electrons. The lowest BCUT2D eigenvalue weighted by Crippen LogP contribution is -2.28. The quantitative estimate of drug-likeness (QED) is 0.627. The molecule has 0 aliphatic rings. The smallest absolute Gasteiger partial charge is 0.258 e. The summed E-state index contributed by atoms with van der Waals surface area (Å²) in [6.07, 6.45) is 2.07. The normalized spacial score (nSPS) is 10.5. The molecule has 1 N–H and O–H groups in total. The van der Waals surface area contributed by atoms with Crippen molar-refractivity contribution >= 4 is 17.5 Å². The molecule has 0 bridgehead atoms. The number of hydrogen-bond acceptors (Lipinski definition) is 4. The van der Waals surface area contributed by atoms with Crippen molar-refractivity contribution in [2.24, 2.45) is 0 Å². The predicted octanol–water partition coefficient (Wildman–Crippen LogP) is 4.08. The van der Waals surface area contributed by atoms with Crippen molar-refractivity contribution in [3.63, 3.8) is 0 Å². The molecule has 144 valence electrons. The second-order valence-corrected chi connectivity index (χ2v) is 6.15. The van der Waals surface area contributed by atoms with Gasteiger partial charge < -0.3 is 14.5 Å². The van der Waals surface area contributed by atoms with Crippen LogP contribution in [0.15, 0.2) is 64.2 Å². The van der Waals surface area contributed by atoms with E-state index in [-0.39, 0.29) is 30.0 Å². The average Bonchev–Trinajstić information content (AvgIpc) is 2.71. The molecule has 0 aliphatic carbocycles. The summed E-state index contributed by atoms with van der Waals surface area (Å²) in [5, 5.41) is 1.70. The summed E-state index contributed by atoms with van der Waals surface area (Å²) < 4.78 is 37.5. The van der Waals surface area contributed by atoms with Crippen molar-refractivity contribution in [1.29, 1.82) is 0 Å². The molecule has 28 heavy (non-hydrogen) atoms. The van der Waals surface area contributed by atoms with E-state index in [4.69, 9.17) is 20.8 Å². The van der Waals surface area contributed by atoms with Crippen molar-refractivity contribution in [2.45, 2.75) is 13.2 Å². The van der Waals surface area contributed by atoms with Crippen LogP contribution in [0.3, 0.4) is 0 Å². The van der Waals surface area contributed by atoms with Crippen LogP contribution in [0.2, 0.25) is 5.02 Å². The first-order chi connectivity index (χ1) is 13.5. The van der Waals surface area contributed by atoms with Crippen molar-refractivity contribution < 1.29 is 22.7 Å². The van der Waals surface area contributed by atoms with Crippen LogP contribution in [0.5, 0.6) is 5.75 Å². The highest BCUT2D eigenvalue weighted by atomic mass is 35.5. The molecule has 0 atom stereocenters. The number of rotatable bonds is 6. The third-order valence-electron chi connectivity index (χ3n) is 3.87. The van der Waals surface area contributed by atoms with Crippen LogP contribution < -0.4 is 15.5 Å². The Morgan fingerprint density at radius 1 is 1.11 bits per heavy atom. The number of carbonyl (C=O) groups is 1. The van der Waals surface area contributed by atoms with Crippen molar-refractivity contribution in [1.82, 2.24) is 5.32 Å². The first-order valence-electron chi connectivity index (χ1n) is 8.15. The van der Waals surface area contributed by atoms with Crippen LogP contribution in [0.1, 0.15) is 21.5 Å². The molecular weight excluding hydrogens is 392 g/mol. The van der Waals surface area contributed by atoms with Gasteiger partial charge in [0.05, 0.1) is 0 Å². The molecule has 3 aromatic rings. The number of halogens is 3. The third kappa shape index (κ3) is 4.37. The Morgan fingerprint density at radius 3 is 2.61 bits per heavy atom. The van der Waals surface area contributed by atoms with Gasteiger partial charge in [-0.3, -0.25) is 9.59 Å². The van der Waals surface area contributed by atoms with E-state index in [1.807, 2.05) is 30.3 Å². The van der Waals surface area contributed by atoms with Gasteiger partial charge in [-0.25, -0.2) is 8.78 Å². The molecule has 0 saturated heterocycles. The topological polar surface area (TPSA) is 68.5 Å². The fourth-order valence-electron chi connectivity index (χ4n) is 2.37. The Morgan fingerprint density at radius 2 is 1.86 bits per heavy atom. The summed E-state index contributed by atoms with van der Waals surface area (Å²) in [7, 11) is 0. The maximum atomic E-state index is 13.9. The zero-order valence-corrected chi connectivity index (χ0v) is 15.1. The number of nitrogens with one attached hydrogen (secondary N) is 1. The molecule has 5 nitrogen and oxygen atoms in total. The minimum atomic E-state index is -0.978. The summed E-state index contributed by atoms with van der Waals surface area (Å²) in [6, 6.07) is 11.3. The van der Waals surface area contributed by atoms with Gasteiger partial charge in [-0.2, -0.15) is 0 Å². The van der Waals surface area contributed by atoms with Crippen LogP contribution in [-0.4, -0.2) is 5.91 Å². The maximum Gasteiger partial charge on any atom is 0.258 e. The number of carbonyl (C=O) groups excluding carboxylic acids is 1. The molecule has 0 spiro atoms. The molecule has 0 unspecified atom stereocenters. The van der Waals surface area contributed by atoms with Gasteiger partial charge in [0.25, 0.3) is 5.91 Å². The predicted molar refractivity (Wildman–Crippen MR) is 98.3 cm³/mol.